The van der Waals surface area contributed by atoms with E-state index in [1.54, 1.807) is 13.1 Å². The van der Waals surface area contributed by atoms with E-state index in [0.717, 1.165) is 17.0 Å². The van der Waals surface area contributed by atoms with Gasteiger partial charge >= 0.3 is 0 Å². The van der Waals surface area contributed by atoms with Crippen LogP contribution in [0.15, 0.2) is 24.3 Å². The van der Waals surface area contributed by atoms with Crippen molar-refractivity contribution in [2.45, 2.75) is 13.8 Å². The minimum atomic E-state index is -0.274. The number of nitrogens with one attached hydrogen (secondary N) is 1. The molecule has 1 N–H and O–H groups in total. The third-order valence-corrected chi connectivity index (χ3v) is 2.64. The quantitative estimate of drug-likeness (QED) is 0.863. The first-order chi connectivity index (χ1) is 8.11. The highest BCUT2D eigenvalue weighted by Crippen LogP contribution is 2.25. The minimum Gasteiger partial charge on any atom is -0.371 e. The molecule has 0 aliphatic heterocycles. The number of halogens is 1. The average Bonchev–Trinajstić information content (AvgIpc) is 2.32. The number of hydrogen-bond acceptors (Lipinski definition) is 3. The van der Waals surface area contributed by atoms with E-state index in [-0.39, 0.29) is 5.82 Å². The topological polar surface area (TPSA) is 37.8 Å². The van der Waals surface area contributed by atoms with Gasteiger partial charge in [-0.3, -0.25) is 0 Å². The molecular formula is C13H14FN3. The van der Waals surface area contributed by atoms with Gasteiger partial charge in [-0.25, -0.2) is 14.4 Å². The molecule has 1 aromatic carbocycles. The number of aromatic nitrogens is 2. The van der Waals surface area contributed by atoms with Crippen molar-refractivity contribution in [2.24, 2.45) is 0 Å². The first kappa shape index (κ1) is 11.5. The van der Waals surface area contributed by atoms with E-state index in [2.05, 4.69) is 15.3 Å². The lowest BCUT2D eigenvalue weighted by atomic mass is 10.1. The number of benzene rings is 1. The summed E-state index contributed by atoms with van der Waals surface area (Å²) in [6.07, 6.45) is 0. The third-order valence-electron chi connectivity index (χ3n) is 2.64. The fourth-order valence-electron chi connectivity index (χ4n) is 1.61. The Hall–Kier alpha value is -1.97. The molecule has 0 fully saturated rings. The fourth-order valence-corrected chi connectivity index (χ4v) is 1.61. The van der Waals surface area contributed by atoms with Crippen LogP contribution in [0.4, 0.5) is 10.2 Å². The lowest BCUT2D eigenvalue weighted by Crippen LogP contribution is -2.02. The molecule has 0 bridgehead atoms. The Morgan fingerprint density at radius 2 is 1.82 bits per heavy atom. The summed E-state index contributed by atoms with van der Waals surface area (Å²) in [4.78, 5) is 8.86. The van der Waals surface area contributed by atoms with Crippen LogP contribution in [0, 0.1) is 19.7 Å². The van der Waals surface area contributed by atoms with Crippen LogP contribution in [0.3, 0.4) is 0 Å². The summed E-state index contributed by atoms with van der Waals surface area (Å²) in [6.45, 7) is 3.79. The molecule has 0 saturated carbocycles. The number of rotatable bonds is 2. The van der Waals surface area contributed by atoms with Crippen molar-refractivity contribution in [1.29, 1.82) is 0 Å². The Labute approximate surface area is 99.7 Å². The summed E-state index contributed by atoms with van der Waals surface area (Å²) in [7, 11) is 1.78. The summed E-state index contributed by atoms with van der Waals surface area (Å²) in [5.74, 6) is 0.392. The molecule has 2 rings (SSSR count). The molecule has 0 atom stereocenters. The second kappa shape index (κ2) is 4.49. The van der Waals surface area contributed by atoms with Gasteiger partial charge in [0, 0.05) is 12.6 Å². The van der Waals surface area contributed by atoms with E-state index in [0.29, 0.717) is 11.5 Å². The van der Waals surface area contributed by atoms with Gasteiger partial charge < -0.3 is 5.32 Å². The molecule has 88 valence electrons. The second-order valence-corrected chi connectivity index (χ2v) is 3.85. The molecule has 3 nitrogen and oxygen atoms in total. The van der Waals surface area contributed by atoms with Crippen LogP contribution in [0.1, 0.15) is 11.4 Å². The van der Waals surface area contributed by atoms with Gasteiger partial charge in [0.2, 0.25) is 0 Å². The Bertz CT molecular complexity index is 552. The summed E-state index contributed by atoms with van der Waals surface area (Å²) in [5.41, 5.74) is 3.12. The van der Waals surface area contributed by atoms with E-state index in [1.807, 2.05) is 19.9 Å². The minimum absolute atomic E-state index is 0.274. The van der Waals surface area contributed by atoms with Crippen molar-refractivity contribution in [3.63, 3.8) is 0 Å². The zero-order valence-electron chi connectivity index (χ0n) is 10.1. The highest BCUT2D eigenvalue weighted by Gasteiger charge is 2.10. The van der Waals surface area contributed by atoms with E-state index in [1.165, 1.54) is 12.1 Å². The predicted octanol–water partition coefficient (Wildman–Crippen LogP) is 2.94. The van der Waals surface area contributed by atoms with Gasteiger partial charge in [0.25, 0.3) is 0 Å². The van der Waals surface area contributed by atoms with Crippen LogP contribution in [-0.4, -0.2) is 17.0 Å². The molecule has 4 heteroatoms. The van der Waals surface area contributed by atoms with Gasteiger partial charge in [0.05, 0.1) is 11.4 Å². The Balaban J connectivity index is 2.62. The monoisotopic (exact) mass is 231 g/mol. The fraction of sp³-hybridized carbons (Fsp3) is 0.231. The van der Waals surface area contributed by atoms with Crippen molar-refractivity contribution in [3.05, 3.63) is 41.5 Å². The second-order valence-electron chi connectivity index (χ2n) is 3.85. The number of hydrogen-bond donors (Lipinski definition) is 1. The third kappa shape index (κ3) is 2.25. The number of anilines is 1. The van der Waals surface area contributed by atoms with Gasteiger partial charge in [-0.1, -0.05) is 12.1 Å². The van der Waals surface area contributed by atoms with Gasteiger partial charge in [-0.2, -0.15) is 0 Å². The molecule has 0 unspecified atom stereocenters. The lowest BCUT2D eigenvalue weighted by Gasteiger charge is -2.10. The molecule has 2 aromatic rings. The van der Waals surface area contributed by atoms with E-state index >= 15 is 0 Å². The van der Waals surface area contributed by atoms with Crippen LogP contribution in [0.25, 0.3) is 11.3 Å². The Kier molecular flexibility index (Phi) is 3.04. The lowest BCUT2D eigenvalue weighted by molar-refractivity contribution is 0.628. The SMILES string of the molecule is CNc1nc(C)c(C)nc1-c1cccc(F)c1. The van der Waals surface area contributed by atoms with Crippen molar-refractivity contribution < 1.29 is 4.39 Å². The molecular weight excluding hydrogens is 217 g/mol. The maximum atomic E-state index is 13.2. The largest absolute Gasteiger partial charge is 0.371 e. The Morgan fingerprint density at radius 3 is 2.47 bits per heavy atom. The molecule has 1 heterocycles. The zero-order chi connectivity index (χ0) is 12.4. The highest BCUT2D eigenvalue weighted by atomic mass is 19.1. The molecule has 0 spiro atoms. The maximum Gasteiger partial charge on any atom is 0.152 e. The first-order valence-electron chi connectivity index (χ1n) is 5.40. The normalized spacial score (nSPS) is 10.4. The van der Waals surface area contributed by atoms with E-state index < -0.39 is 0 Å². The van der Waals surface area contributed by atoms with E-state index in [9.17, 15) is 4.39 Å². The van der Waals surface area contributed by atoms with Crippen molar-refractivity contribution in [3.8, 4) is 11.3 Å². The number of nitrogens with zero attached hydrogens (tertiary/aromatic N) is 2. The first-order valence-corrected chi connectivity index (χ1v) is 5.40. The summed E-state index contributed by atoms with van der Waals surface area (Å²) in [5, 5.41) is 2.99. The standard InChI is InChI=1S/C13H14FN3/c1-8-9(2)17-13(15-3)12(16-8)10-5-4-6-11(14)7-10/h4-7H,1-3H3,(H,15,17). The maximum absolute atomic E-state index is 13.2. The highest BCUT2D eigenvalue weighted by molar-refractivity contribution is 5.71. The number of aryl methyl sites for hydroxylation is 2. The van der Waals surface area contributed by atoms with Crippen molar-refractivity contribution in [2.75, 3.05) is 12.4 Å². The molecule has 0 aliphatic carbocycles. The molecule has 0 aliphatic rings. The summed E-state index contributed by atoms with van der Waals surface area (Å²) in [6, 6.07) is 6.36. The van der Waals surface area contributed by atoms with Crippen LogP contribution < -0.4 is 5.32 Å². The molecule has 17 heavy (non-hydrogen) atoms. The molecule has 0 amide bonds. The Morgan fingerprint density at radius 1 is 1.12 bits per heavy atom. The molecule has 1 aromatic heterocycles. The van der Waals surface area contributed by atoms with Crippen LogP contribution in [0.5, 0.6) is 0 Å². The van der Waals surface area contributed by atoms with E-state index in [4.69, 9.17) is 0 Å². The average molecular weight is 231 g/mol. The van der Waals surface area contributed by atoms with Crippen LogP contribution in [-0.2, 0) is 0 Å². The smallest absolute Gasteiger partial charge is 0.152 e. The van der Waals surface area contributed by atoms with Crippen LogP contribution in [0.2, 0.25) is 0 Å². The van der Waals surface area contributed by atoms with Crippen LogP contribution >= 0.6 is 0 Å². The summed E-state index contributed by atoms with van der Waals surface area (Å²) >= 11 is 0. The van der Waals surface area contributed by atoms with Gasteiger partial charge in [-0.15, -0.1) is 0 Å². The predicted molar refractivity (Wildman–Crippen MR) is 66.4 cm³/mol. The van der Waals surface area contributed by atoms with Crippen molar-refractivity contribution in [1.82, 2.24) is 9.97 Å². The molecule has 0 saturated heterocycles. The molecule has 0 radical (unpaired) electrons. The van der Waals surface area contributed by atoms with Gasteiger partial charge in [0.1, 0.15) is 11.5 Å². The van der Waals surface area contributed by atoms with Crippen molar-refractivity contribution >= 4 is 5.82 Å². The van der Waals surface area contributed by atoms with Gasteiger partial charge in [0.15, 0.2) is 5.82 Å². The van der Waals surface area contributed by atoms with Gasteiger partial charge in [-0.05, 0) is 26.0 Å². The zero-order valence-corrected chi connectivity index (χ0v) is 10.1. The summed E-state index contributed by atoms with van der Waals surface area (Å²) < 4.78 is 13.2.